The third-order valence-electron chi connectivity index (χ3n) is 0. The third kappa shape index (κ3) is 12.3. The Kier molecular flexibility index (Phi) is 796. The van der Waals surface area contributed by atoms with Crippen molar-refractivity contribution in [3.63, 3.8) is 0 Å². The van der Waals surface area contributed by atoms with Crippen LogP contribution >= 0.6 is 0 Å². The van der Waals surface area contributed by atoms with Crippen molar-refractivity contribution in [1.82, 2.24) is 0 Å². The molecule has 0 unspecified atom stereocenters. The third-order valence-corrected chi connectivity index (χ3v) is 0. The van der Waals surface area contributed by atoms with Crippen LogP contribution in [0.15, 0.2) is 0 Å². The second kappa shape index (κ2) is 37.7. The molecule has 2 N–H and O–H groups in total. The maximum absolute atomic E-state index is 0. The summed E-state index contributed by atoms with van der Waals surface area (Å²) in [4.78, 5) is 0. The molecule has 0 aromatic rings. The van der Waals surface area contributed by atoms with E-state index in [0.717, 1.165) is 0 Å². The molecule has 0 saturated heterocycles. The zero-order valence-corrected chi connectivity index (χ0v) is 3.92. The van der Waals surface area contributed by atoms with Crippen molar-refractivity contribution < 1.29 is 45.1 Å². The molecule has 0 aliphatic carbocycles. The Morgan fingerprint density at radius 2 is 1.00 bits per heavy atom. The van der Waals surface area contributed by atoms with Gasteiger partial charge in [-0.1, -0.05) is 0 Å². The Labute approximate surface area is 45.5 Å². The maximum Gasteiger partial charge on any atom is 2.00 e. The Morgan fingerprint density at radius 1 is 1.00 bits per heavy atom. The summed E-state index contributed by atoms with van der Waals surface area (Å²) in [7, 11) is 0. The van der Waals surface area contributed by atoms with Crippen LogP contribution in [0.4, 0.5) is 0 Å². The number of hydrogen-bond acceptors (Lipinski definition) is 0. The molecule has 1 radical (unpaired) electrons. The Morgan fingerprint density at radius 3 is 1.00 bits per heavy atom. The van der Waals surface area contributed by atoms with Crippen molar-refractivity contribution >= 4 is 0 Å². The predicted molar refractivity (Wildman–Crippen MR) is 4.30 cm³/mol. The SMILES string of the molecule is O.[Fe].[Mn+2].[O-2]. The van der Waals surface area contributed by atoms with E-state index in [2.05, 4.69) is 0 Å². The van der Waals surface area contributed by atoms with E-state index >= 15 is 0 Å². The van der Waals surface area contributed by atoms with Crippen LogP contribution in [0.1, 0.15) is 0 Å². The van der Waals surface area contributed by atoms with E-state index in [0.29, 0.717) is 0 Å². The van der Waals surface area contributed by atoms with E-state index in [1.165, 1.54) is 0 Å². The van der Waals surface area contributed by atoms with Gasteiger partial charge in [0.25, 0.3) is 0 Å². The molecule has 29 valence electrons. The normalized spacial score (nSPS) is 0. The van der Waals surface area contributed by atoms with Gasteiger partial charge < -0.3 is 11.0 Å². The van der Waals surface area contributed by atoms with E-state index in [4.69, 9.17) is 0 Å². The molecule has 0 aromatic carbocycles. The fourth-order valence-electron chi connectivity index (χ4n) is 0. The monoisotopic (exact) mass is 145 g/mol. The van der Waals surface area contributed by atoms with E-state index in [-0.39, 0.29) is 45.1 Å². The Bertz CT molecular complexity index is 6.00. The summed E-state index contributed by atoms with van der Waals surface area (Å²) in [6.45, 7) is 0. The molecule has 0 saturated carbocycles. The molecule has 0 aliphatic rings. The van der Waals surface area contributed by atoms with Gasteiger partial charge in [-0.05, 0) is 0 Å². The van der Waals surface area contributed by atoms with Gasteiger partial charge in [0.15, 0.2) is 0 Å². The van der Waals surface area contributed by atoms with E-state index in [9.17, 15) is 0 Å². The molecule has 0 spiro atoms. The summed E-state index contributed by atoms with van der Waals surface area (Å²) >= 11 is 0. The van der Waals surface area contributed by atoms with Gasteiger partial charge in [0.05, 0.1) is 0 Å². The second-order valence-corrected chi connectivity index (χ2v) is 0. The first-order valence-electron chi connectivity index (χ1n) is 0. The van der Waals surface area contributed by atoms with E-state index < -0.39 is 0 Å². The van der Waals surface area contributed by atoms with Crippen molar-refractivity contribution in [3.8, 4) is 0 Å². The largest absolute Gasteiger partial charge is 2.00 e. The molecule has 0 aliphatic heterocycles. The first kappa shape index (κ1) is 84.5. The van der Waals surface area contributed by atoms with Crippen LogP contribution in [0, 0.1) is 0 Å². The van der Waals surface area contributed by atoms with Gasteiger partial charge in [-0.25, -0.2) is 0 Å². The van der Waals surface area contributed by atoms with E-state index in [1.54, 1.807) is 0 Å². The van der Waals surface area contributed by atoms with Crippen LogP contribution in [0.2, 0.25) is 0 Å². The summed E-state index contributed by atoms with van der Waals surface area (Å²) in [5, 5.41) is 0. The van der Waals surface area contributed by atoms with Crippen LogP contribution in [0.25, 0.3) is 0 Å². The molecule has 0 aromatic heterocycles. The Balaban J connectivity index is 0. The van der Waals surface area contributed by atoms with Gasteiger partial charge in [0.2, 0.25) is 0 Å². The zero-order chi connectivity index (χ0) is 0. The molecule has 0 atom stereocenters. The number of rotatable bonds is 0. The van der Waals surface area contributed by atoms with Crippen molar-refractivity contribution in [2.75, 3.05) is 0 Å². The molecule has 2 nitrogen and oxygen atoms in total. The van der Waals surface area contributed by atoms with Crippen LogP contribution in [-0.2, 0) is 39.6 Å². The molecule has 0 heterocycles. The second-order valence-electron chi connectivity index (χ2n) is 0. The van der Waals surface area contributed by atoms with Gasteiger partial charge in [-0.3, -0.25) is 0 Å². The predicted octanol–water partition coefficient (Wildman–Crippen LogP) is -0.949. The molecule has 0 amide bonds. The summed E-state index contributed by atoms with van der Waals surface area (Å²) in [5.41, 5.74) is 0. The average molecular weight is 145 g/mol. The van der Waals surface area contributed by atoms with E-state index in [1.807, 2.05) is 0 Å². The number of hydrogen-bond donors (Lipinski definition) is 0. The molecular formula is H2FeMnO2. The Hall–Kier alpha value is 0.959. The average Bonchev–Trinajstić information content (AvgIpc) is 0. The molecule has 4 heteroatoms. The summed E-state index contributed by atoms with van der Waals surface area (Å²) in [6, 6.07) is 0. The minimum atomic E-state index is 0. The zero-order valence-electron chi connectivity index (χ0n) is 1.64. The van der Waals surface area contributed by atoms with Crippen LogP contribution in [0.5, 0.6) is 0 Å². The van der Waals surface area contributed by atoms with Gasteiger partial charge in [0.1, 0.15) is 0 Å². The van der Waals surface area contributed by atoms with Crippen LogP contribution in [-0.4, -0.2) is 5.48 Å². The maximum atomic E-state index is 0. The molecule has 0 bridgehead atoms. The fourth-order valence-corrected chi connectivity index (χ4v) is 0. The summed E-state index contributed by atoms with van der Waals surface area (Å²) in [6.07, 6.45) is 0. The van der Waals surface area contributed by atoms with Crippen molar-refractivity contribution in [1.29, 1.82) is 0 Å². The quantitative estimate of drug-likeness (QED) is 0.394. The van der Waals surface area contributed by atoms with Crippen LogP contribution < -0.4 is 0 Å². The van der Waals surface area contributed by atoms with Crippen molar-refractivity contribution in [2.45, 2.75) is 0 Å². The molecule has 0 fully saturated rings. The summed E-state index contributed by atoms with van der Waals surface area (Å²) < 4.78 is 0. The van der Waals surface area contributed by atoms with Crippen molar-refractivity contribution in [2.24, 2.45) is 0 Å². The molecular weight excluding hydrogens is 143 g/mol. The first-order valence-corrected chi connectivity index (χ1v) is 0. The van der Waals surface area contributed by atoms with Gasteiger partial charge in [0, 0.05) is 17.1 Å². The minimum Gasteiger partial charge on any atom is -2.00 e. The van der Waals surface area contributed by atoms with Crippen molar-refractivity contribution in [3.05, 3.63) is 0 Å². The topological polar surface area (TPSA) is 60.0 Å². The molecule has 4 heavy (non-hydrogen) atoms. The first-order chi connectivity index (χ1) is 0. The van der Waals surface area contributed by atoms with Gasteiger partial charge >= 0.3 is 17.1 Å². The molecule has 0 rings (SSSR count). The van der Waals surface area contributed by atoms with Gasteiger partial charge in [-0.2, -0.15) is 0 Å². The summed E-state index contributed by atoms with van der Waals surface area (Å²) in [5.74, 6) is 0. The van der Waals surface area contributed by atoms with Crippen LogP contribution in [0.3, 0.4) is 0 Å². The fraction of sp³-hybridized carbons (Fsp3) is 0. The minimum absolute atomic E-state index is 0. The standard InChI is InChI=1S/Fe.Mn.H2O.O/h;;1H2;/q;+2;;-2. The van der Waals surface area contributed by atoms with Gasteiger partial charge in [-0.15, -0.1) is 0 Å². The smallest absolute Gasteiger partial charge is 2.00 e.